The predicted molar refractivity (Wildman–Crippen MR) is 66.1 cm³/mol. The Kier molecular flexibility index (Phi) is 4.01. The van der Waals surface area contributed by atoms with Gasteiger partial charge >= 0.3 is 0 Å². The average Bonchev–Trinajstić information content (AvgIpc) is 2.64. The lowest BCUT2D eigenvalue weighted by molar-refractivity contribution is -0.122. The molecule has 2 atom stereocenters. The molecule has 1 amide bonds. The SMILES string of the molecule is Cc1noc(C)c1CC(=O)N[C@H]1CCCC[C@@H]1O. The highest BCUT2D eigenvalue weighted by molar-refractivity contribution is 5.79. The Bertz CT molecular complexity index is 408. The summed E-state index contributed by atoms with van der Waals surface area (Å²) in [4.78, 5) is 11.9. The molecule has 1 heterocycles. The van der Waals surface area contributed by atoms with Crippen LogP contribution in [0, 0.1) is 13.8 Å². The maximum absolute atomic E-state index is 11.9. The van der Waals surface area contributed by atoms with Gasteiger partial charge in [-0.05, 0) is 26.7 Å². The van der Waals surface area contributed by atoms with E-state index in [9.17, 15) is 9.90 Å². The quantitative estimate of drug-likeness (QED) is 0.849. The minimum Gasteiger partial charge on any atom is -0.391 e. The van der Waals surface area contributed by atoms with Gasteiger partial charge in [0.15, 0.2) is 0 Å². The van der Waals surface area contributed by atoms with Crippen molar-refractivity contribution in [2.75, 3.05) is 0 Å². The molecule has 0 aromatic carbocycles. The molecule has 100 valence electrons. The molecule has 1 aromatic rings. The molecule has 0 unspecified atom stereocenters. The standard InChI is InChI=1S/C13H20N2O3/c1-8-10(9(2)18-15-8)7-13(17)14-11-5-3-4-6-12(11)16/h11-12,16H,3-7H2,1-2H3,(H,14,17)/t11-,12-/m0/s1. The van der Waals surface area contributed by atoms with E-state index >= 15 is 0 Å². The van der Waals surface area contributed by atoms with Gasteiger partial charge in [0, 0.05) is 5.56 Å². The van der Waals surface area contributed by atoms with E-state index in [-0.39, 0.29) is 18.4 Å². The summed E-state index contributed by atoms with van der Waals surface area (Å²) in [7, 11) is 0. The van der Waals surface area contributed by atoms with Gasteiger partial charge < -0.3 is 14.9 Å². The molecule has 5 nitrogen and oxygen atoms in total. The molecule has 2 rings (SSSR count). The minimum absolute atomic E-state index is 0.0737. The van der Waals surface area contributed by atoms with Crippen LogP contribution in [0.3, 0.4) is 0 Å². The van der Waals surface area contributed by atoms with E-state index < -0.39 is 6.10 Å². The number of aliphatic hydroxyl groups is 1. The molecule has 1 aliphatic carbocycles. The average molecular weight is 252 g/mol. The lowest BCUT2D eigenvalue weighted by Gasteiger charge is -2.28. The first-order valence-electron chi connectivity index (χ1n) is 6.47. The Morgan fingerprint density at radius 3 is 2.78 bits per heavy atom. The van der Waals surface area contributed by atoms with Gasteiger partial charge in [-0.2, -0.15) is 0 Å². The van der Waals surface area contributed by atoms with E-state index in [4.69, 9.17) is 4.52 Å². The van der Waals surface area contributed by atoms with Crippen LogP contribution in [0.4, 0.5) is 0 Å². The summed E-state index contributed by atoms with van der Waals surface area (Å²) in [6.45, 7) is 3.63. The first-order valence-corrected chi connectivity index (χ1v) is 6.47. The number of aromatic nitrogens is 1. The van der Waals surface area contributed by atoms with Gasteiger partial charge in [0.25, 0.3) is 0 Å². The number of aryl methyl sites for hydroxylation is 2. The molecule has 2 N–H and O–H groups in total. The van der Waals surface area contributed by atoms with Crippen LogP contribution in [0.15, 0.2) is 4.52 Å². The number of nitrogens with zero attached hydrogens (tertiary/aromatic N) is 1. The van der Waals surface area contributed by atoms with E-state index in [1.54, 1.807) is 6.92 Å². The summed E-state index contributed by atoms with van der Waals surface area (Å²) in [5.74, 6) is 0.613. The first kappa shape index (κ1) is 13.1. The molecule has 1 saturated carbocycles. The van der Waals surface area contributed by atoms with Crippen LogP contribution < -0.4 is 5.32 Å². The Labute approximate surface area is 107 Å². The van der Waals surface area contributed by atoms with Crippen molar-refractivity contribution in [1.82, 2.24) is 10.5 Å². The summed E-state index contributed by atoms with van der Waals surface area (Å²) in [5.41, 5.74) is 1.60. The van der Waals surface area contributed by atoms with E-state index in [0.717, 1.165) is 36.9 Å². The number of rotatable bonds is 3. The fraction of sp³-hybridized carbons (Fsp3) is 0.692. The first-order chi connectivity index (χ1) is 8.58. The highest BCUT2D eigenvalue weighted by atomic mass is 16.5. The minimum atomic E-state index is -0.410. The van der Waals surface area contributed by atoms with E-state index in [1.807, 2.05) is 6.92 Å². The van der Waals surface area contributed by atoms with Crippen molar-refractivity contribution in [2.24, 2.45) is 0 Å². The Morgan fingerprint density at radius 2 is 2.17 bits per heavy atom. The maximum Gasteiger partial charge on any atom is 0.224 e. The monoisotopic (exact) mass is 252 g/mol. The highest BCUT2D eigenvalue weighted by Gasteiger charge is 2.25. The second-order valence-electron chi connectivity index (χ2n) is 5.01. The number of aliphatic hydroxyl groups excluding tert-OH is 1. The maximum atomic E-state index is 11.9. The number of hydrogen-bond donors (Lipinski definition) is 2. The summed E-state index contributed by atoms with van der Waals surface area (Å²) in [6.07, 6.45) is 3.59. The molecule has 18 heavy (non-hydrogen) atoms. The molecule has 0 spiro atoms. The molecular weight excluding hydrogens is 232 g/mol. The molecule has 1 fully saturated rings. The fourth-order valence-electron chi connectivity index (χ4n) is 2.45. The molecule has 0 aliphatic heterocycles. The van der Waals surface area contributed by atoms with Crippen molar-refractivity contribution in [1.29, 1.82) is 0 Å². The third kappa shape index (κ3) is 2.90. The molecule has 0 bridgehead atoms. The normalized spacial score (nSPS) is 23.9. The smallest absolute Gasteiger partial charge is 0.224 e. The largest absolute Gasteiger partial charge is 0.391 e. The van der Waals surface area contributed by atoms with Gasteiger partial charge in [0.2, 0.25) is 5.91 Å². The van der Waals surface area contributed by atoms with Gasteiger partial charge in [-0.1, -0.05) is 18.0 Å². The van der Waals surface area contributed by atoms with Crippen LogP contribution in [0.2, 0.25) is 0 Å². The molecule has 1 aromatic heterocycles. The molecule has 5 heteroatoms. The summed E-state index contributed by atoms with van der Waals surface area (Å²) in [6, 6.07) is -0.105. The van der Waals surface area contributed by atoms with Crippen LogP contribution in [0.1, 0.15) is 42.7 Å². The Morgan fingerprint density at radius 1 is 1.44 bits per heavy atom. The zero-order valence-electron chi connectivity index (χ0n) is 10.9. The second-order valence-corrected chi connectivity index (χ2v) is 5.01. The highest BCUT2D eigenvalue weighted by Crippen LogP contribution is 2.19. The zero-order valence-corrected chi connectivity index (χ0v) is 10.9. The molecule has 0 radical (unpaired) electrons. The zero-order chi connectivity index (χ0) is 13.1. The molecule has 1 aliphatic rings. The third-order valence-corrected chi connectivity index (χ3v) is 3.59. The lowest BCUT2D eigenvalue weighted by Crippen LogP contribution is -2.45. The van der Waals surface area contributed by atoms with Crippen LogP contribution in [-0.4, -0.2) is 28.3 Å². The number of hydrogen-bond acceptors (Lipinski definition) is 4. The summed E-state index contributed by atoms with van der Waals surface area (Å²) in [5, 5.41) is 16.5. The Balaban J connectivity index is 1.92. The van der Waals surface area contributed by atoms with Crippen molar-refractivity contribution in [3.8, 4) is 0 Å². The molecule has 0 saturated heterocycles. The topological polar surface area (TPSA) is 75.4 Å². The second kappa shape index (κ2) is 5.52. The third-order valence-electron chi connectivity index (χ3n) is 3.59. The van der Waals surface area contributed by atoms with Crippen LogP contribution in [0.5, 0.6) is 0 Å². The molecular formula is C13H20N2O3. The van der Waals surface area contributed by atoms with E-state index in [1.165, 1.54) is 0 Å². The van der Waals surface area contributed by atoms with Gasteiger partial charge in [-0.3, -0.25) is 4.79 Å². The summed E-state index contributed by atoms with van der Waals surface area (Å²) < 4.78 is 5.03. The number of amides is 1. The van der Waals surface area contributed by atoms with Gasteiger partial charge in [-0.25, -0.2) is 0 Å². The van der Waals surface area contributed by atoms with Gasteiger partial charge in [-0.15, -0.1) is 0 Å². The van der Waals surface area contributed by atoms with Crippen LogP contribution in [0.25, 0.3) is 0 Å². The van der Waals surface area contributed by atoms with E-state index in [0.29, 0.717) is 5.76 Å². The van der Waals surface area contributed by atoms with Gasteiger partial charge in [0.1, 0.15) is 5.76 Å². The van der Waals surface area contributed by atoms with Crippen molar-refractivity contribution >= 4 is 5.91 Å². The lowest BCUT2D eigenvalue weighted by atomic mass is 9.92. The summed E-state index contributed by atoms with van der Waals surface area (Å²) >= 11 is 0. The predicted octanol–water partition coefficient (Wildman–Crippen LogP) is 1.25. The van der Waals surface area contributed by atoms with Crippen LogP contribution >= 0.6 is 0 Å². The Hall–Kier alpha value is -1.36. The van der Waals surface area contributed by atoms with E-state index in [2.05, 4.69) is 10.5 Å². The number of carbonyl (C=O) groups excluding carboxylic acids is 1. The van der Waals surface area contributed by atoms with Crippen molar-refractivity contribution < 1.29 is 14.4 Å². The number of carbonyl (C=O) groups is 1. The van der Waals surface area contributed by atoms with Gasteiger partial charge in [0.05, 0.1) is 24.3 Å². The fourth-order valence-corrected chi connectivity index (χ4v) is 2.45. The van der Waals surface area contributed by atoms with Crippen molar-refractivity contribution in [3.63, 3.8) is 0 Å². The van der Waals surface area contributed by atoms with Crippen LogP contribution in [-0.2, 0) is 11.2 Å². The van der Waals surface area contributed by atoms with Crippen molar-refractivity contribution in [3.05, 3.63) is 17.0 Å². The van der Waals surface area contributed by atoms with Crippen molar-refractivity contribution in [2.45, 2.75) is 58.1 Å². The number of nitrogens with one attached hydrogen (secondary N) is 1.